The Labute approximate surface area is 215 Å². The molecule has 210 valence electrons. The summed E-state index contributed by atoms with van der Waals surface area (Å²) < 4.78 is 15.5. The summed E-state index contributed by atoms with van der Waals surface area (Å²) in [5.41, 5.74) is 0. The van der Waals surface area contributed by atoms with Crippen LogP contribution < -0.4 is 0 Å². The van der Waals surface area contributed by atoms with Crippen LogP contribution in [0.4, 0.5) is 0 Å². The van der Waals surface area contributed by atoms with Gasteiger partial charge in [0.25, 0.3) is 0 Å². The first-order chi connectivity index (χ1) is 17.4. The molecule has 0 aromatic heterocycles. The molecule has 0 saturated carbocycles. The zero-order valence-corrected chi connectivity index (χ0v) is 21.7. The molecule has 1 saturated heterocycles. The van der Waals surface area contributed by atoms with E-state index in [4.69, 9.17) is 19.3 Å². The maximum atomic E-state index is 11.9. The van der Waals surface area contributed by atoms with E-state index in [2.05, 4.69) is 31.2 Å². The topological polar surface area (TPSA) is 146 Å². The van der Waals surface area contributed by atoms with E-state index in [-0.39, 0.29) is 19.2 Å². The van der Waals surface area contributed by atoms with Crippen LogP contribution in [-0.4, -0.2) is 88.1 Å². The maximum absolute atomic E-state index is 11.9. The number of carbonyl (C=O) groups excluding carboxylic acids is 1. The number of hydrogen-bond donors (Lipinski definition) is 5. The van der Waals surface area contributed by atoms with Crippen LogP contribution in [0.25, 0.3) is 0 Å². The van der Waals surface area contributed by atoms with Gasteiger partial charge in [-0.15, -0.1) is 0 Å². The Hall–Kier alpha value is -1.33. The number of allylic oxidation sites excluding steroid dienone is 4. The highest BCUT2D eigenvalue weighted by Crippen LogP contribution is 2.22. The highest BCUT2D eigenvalue weighted by Gasteiger charge is 2.44. The Morgan fingerprint density at radius 1 is 0.861 bits per heavy atom. The minimum atomic E-state index is -1.55. The Bertz CT molecular complexity index is 608. The van der Waals surface area contributed by atoms with Gasteiger partial charge in [-0.2, -0.15) is 0 Å². The third-order valence-corrected chi connectivity index (χ3v) is 6.08. The quantitative estimate of drug-likeness (QED) is 0.0936. The van der Waals surface area contributed by atoms with Crippen LogP contribution in [0, 0.1) is 0 Å². The van der Waals surface area contributed by atoms with Crippen molar-refractivity contribution in [3.63, 3.8) is 0 Å². The summed E-state index contributed by atoms with van der Waals surface area (Å²) in [7, 11) is 0. The standard InChI is InChI=1S/C27H48O9/c1-2-3-4-5-6-7-8-9-10-11-12-13-14-15-16-17-23(30)34-19-21(29)20-35-27-26(33)25(32)24(31)22(18-28)36-27/h3-4,6-7,21-22,24-29,31-33H,2,5,8-20H2,1H3/b4-3-,7-6-/t21?,22-,24+,25+,26-,27-/m1/s1. The number of aliphatic hydroxyl groups is 5. The van der Waals surface area contributed by atoms with Gasteiger partial charge in [-0.3, -0.25) is 4.79 Å². The number of ether oxygens (including phenoxy) is 3. The minimum Gasteiger partial charge on any atom is -0.463 e. The van der Waals surface area contributed by atoms with Crippen molar-refractivity contribution in [1.82, 2.24) is 0 Å². The van der Waals surface area contributed by atoms with Gasteiger partial charge in [-0.25, -0.2) is 0 Å². The van der Waals surface area contributed by atoms with Crippen LogP contribution in [0.1, 0.15) is 84.0 Å². The van der Waals surface area contributed by atoms with E-state index in [1.54, 1.807) is 0 Å². The van der Waals surface area contributed by atoms with Gasteiger partial charge < -0.3 is 39.7 Å². The second kappa shape index (κ2) is 20.7. The molecule has 0 radical (unpaired) electrons. The smallest absolute Gasteiger partial charge is 0.305 e. The largest absolute Gasteiger partial charge is 0.463 e. The van der Waals surface area contributed by atoms with E-state index in [1.807, 2.05) is 0 Å². The Morgan fingerprint density at radius 3 is 2.17 bits per heavy atom. The zero-order chi connectivity index (χ0) is 26.6. The third-order valence-electron chi connectivity index (χ3n) is 6.08. The lowest BCUT2D eigenvalue weighted by molar-refractivity contribution is -0.305. The predicted octanol–water partition coefficient (Wildman–Crippen LogP) is 2.52. The molecule has 0 aromatic rings. The molecule has 1 fully saturated rings. The van der Waals surface area contributed by atoms with E-state index >= 15 is 0 Å². The minimum absolute atomic E-state index is 0.263. The number of hydrogen-bond acceptors (Lipinski definition) is 9. The van der Waals surface area contributed by atoms with Crippen LogP contribution >= 0.6 is 0 Å². The lowest BCUT2D eigenvalue weighted by atomic mass is 9.99. The average Bonchev–Trinajstić information content (AvgIpc) is 2.88. The van der Waals surface area contributed by atoms with Gasteiger partial charge in [-0.1, -0.05) is 69.8 Å². The molecule has 1 aliphatic heterocycles. The molecule has 9 heteroatoms. The molecule has 9 nitrogen and oxygen atoms in total. The molecule has 36 heavy (non-hydrogen) atoms. The van der Waals surface area contributed by atoms with Gasteiger partial charge in [0.05, 0.1) is 13.2 Å². The van der Waals surface area contributed by atoms with Crippen LogP contribution in [0.3, 0.4) is 0 Å². The van der Waals surface area contributed by atoms with Gasteiger partial charge in [0.1, 0.15) is 37.1 Å². The molecule has 1 heterocycles. The predicted molar refractivity (Wildman–Crippen MR) is 136 cm³/mol. The summed E-state index contributed by atoms with van der Waals surface area (Å²) in [5.74, 6) is -0.389. The van der Waals surface area contributed by atoms with Crippen molar-refractivity contribution >= 4 is 5.97 Å². The summed E-state index contributed by atoms with van der Waals surface area (Å²) in [5, 5.41) is 48.5. The normalized spacial score (nSPS) is 25.6. The van der Waals surface area contributed by atoms with Gasteiger partial charge in [0.2, 0.25) is 0 Å². The fourth-order valence-electron chi connectivity index (χ4n) is 3.87. The molecular formula is C27H48O9. The highest BCUT2D eigenvalue weighted by molar-refractivity contribution is 5.69. The summed E-state index contributed by atoms with van der Waals surface area (Å²) in [6.45, 7) is 0.992. The number of carbonyl (C=O) groups is 1. The molecule has 0 amide bonds. The fourth-order valence-corrected chi connectivity index (χ4v) is 3.87. The Morgan fingerprint density at radius 2 is 1.50 bits per heavy atom. The van der Waals surface area contributed by atoms with Crippen LogP contribution in [0.15, 0.2) is 24.3 Å². The molecule has 0 aliphatic carbocycles. The summed E-state index contributed by atoms with van der Waals surface area (Å²) in [6, 6.07) is 0. The van der Waals surface area contributed by atoms with Crippen molar-refractivity contribution < 1.29 is 44.5 Å². The SMILES string of the molecule is CC/C=C\C/C=C\CCCCCCCCCCC(=O)OCC(O)CO[C@@H]1O[C@H](CO)[C@H](O)[C@H](O)[C@H]1O. The van der Waals surface area contributed by atoms with Crippen molar-refractivity contribution in [2.45, 2.75) is 121 Å². The first-order valence-corrected chi connectivity index (χ1v) is 13.5. The fraction of sp³-hybridized carbons (Fsp3) is 0.815. The third kappa shape index (κ3) is 14.4. The average molecular weight is 517 g/mol. The molecule has 1 rings (SSSR count). The number of esters is 1. The molecular weight excluding hydrogens is 468 g/mol. The van der Waals surface area contributed by atoms with Crippen molar-refractivity contribution in [2.75, 3.05) is 19.8 Å². The van der Waals surface area contributed by atoms with Crippen LogP contribution in [0.5, 0.6) is 0 Å². The number of unbranched alkanes of at least 4 members (excludes halogenated alkanes) is 8. The summed E-state index contributed by atoms with van der Waals surface area (Å²) in [4.78, 5) is 11.9. The first kappa shape index (κ1) is 32.7. The van der Waals surface area contributed by atoms with E-state index in [0.717, 1.165) is 38.5 Å². The Kier molecular flexibility index (Phi) is 18.8. The van der Waals surface area contributed by atoms with Crippen molar-refractivity contribution in [3.05, 3.63) is 24.3 Å². The van der Waals surface area contributed by atoms with Gasteiger partial charge in [0.15, 0.2) is 6.29 Å². The van der Waals surface area contributed by atoms with Crippen molar-refractivity contribution in [3.8, 4) is 0 Å². The summed E-state index contributed by atoms with van der Waals surface area (Å²) in [6.07, 6.45) is 13.2. The van der Waals surface area contributed by atoms with Gasteiger partial charge >= 0.3 is 5.97 Å². The molecule has 0 spiro atoms. The van der Waals surface area contributed by atoms with Gasteiger partial charge in [0, 0.05) is 6.42 Å². The van der Waals surface area contributed by atoms with Crippen molar-refractivity contribution in [1.29, 1.82) is 0 Å². The highest BCUT2D eigenvalue weighted by atomic mass is 16.7. The monoisotopic (exact) mass is 516 g/mol. The van der Waals surface area contributed by atoms with E-state index in [9.17, 15) is 25.2 Å². The second-order valence-electron chi connectivity index (χ2n) is 9.32. The van der Waals surface area contributed by atoms with Crippen LogP contribution in [-0.2, 0) is 19.0 Å². The Balaban J connectivity index is 1.98. The summed E-state index contributed by atoms with van der Waals surface area (Å²) >= 11 is 0. The van der Waals surface area contributed by atoms with Crippen LogP contribution in [0.2, 0.25) is 0 Å². The molecule has 5 N–H and O–H groups in total. The molecule has 0 bridgehead atoms. The lowest BCUT2D eigenvalue weighted by Gasteiger charge is -2.39. The number of rotatable bonds is 20. The maximum Gasteiger partial charge on any atom is 0.305 e. The number of aliphatic hydroxyl groups excluding tert-OH is 5. The zero-order valence-electron chi connectivity index (χ0n) is 21.7. The first-order valence-electron chi connectivity index (χ1n) is 13.5. The molecule has 1 unspecified atom stereocenters. The van der Waals surface area contributed by atoms with E-state index < -0.39 is 43.4 Å². The molecule has 1 aliphatic rings. The van der Waals surface area contributed by atoms with Crippen molar-refractivity contribution in [2.24, 2.45) is 0 Å². The molecule has 6 atom stereocenters. The van der Waals surface area contributed by atoms with E-state index in [0.29, 0.717) is 6.42 Å². The molecule has 0 aromatic carbocycles. The van der Waals surface area contributed by atoms with E-state index in [1.165, 1.54) is 32.1 Å². The van der Waals surface area contributed by atoms with Gasteiger partial charge in [-0.05, 0) is 32.1 Å². The lowest BCUT2D eigenvalue weighted by Crippen LogP contribution is -2.59. The second-order valence-corrected chi connectivity index (χ2v) is 9.32.